The van der Waals surface area contributed by atoms with Crippen LogP contribution in [0.4, 0.5) is 0 Å². The molecule has 0 amide bonds. The third-order valence-corrected chi connectivity index (χ3v) is 4.23. The highest BCUT2D eigenvalue weighted by Gasteiger charge is 2.57. The van der Waals surface area contributed by atoms with Gasteiger partial charge in [-0.1, -0.05) is 27.7 Å². The normalized spacial score (nSPS) is 30.2. The largest absolute Gasteiger partial charge is 0.302 e. The van der Waals surface area contributed by atoms with Gasteiger partial charge >= 0.3 is 0 Å². The molecule has 0 aromatic heterocycles. The standard InChI is InChI=1S/C12H23N/c1-10(2)7-13-8-12(4,9-13)11(3)5-6-11/h10H,5-9H2,1-4H3. The second kappa shape index (κ2) is 2.73. The topological polar surface area (TPSA) is 3.24 Å². The summed E-state index contributed by atoms with van der Waals surface area (Å²) in [6.07, 6.45) is 2.94. The van der Waals surface area contributed by atoms with Crippen LogP contribution in [-0.2, 0) is 0 Å². The lowest BCUT2D eigenvalue weighted by Gasteiger charge is -2.53. The predicted octanol–water partition coefficient (Wildman–Crippen LogP) is 2.76. The summed E-state index contributed by atoms with van der Waals surface area (Å²) in [4.78, 5) is 2.62. The van der Waals surface area contributed by atoms with Crippen LogP contribution < -0.4 is 0 Å². The Morgan fingerprint density at radius 2 is 1.62 bits per heavy atom. The van der Waals surface area contributed by atoms with Crippen molar-refractivity contribution in [1.82, 2.24) is 4.90 Å². The zero-order valence-electron chi connectivity index (χ0n) is 9.56. The first kappa shape index (κ1) is 9.51. The van der Waals surface area contributed by atoms with Crippen molar-refractivity contribution < 1.29 is 0 Å². The highest BCUT2D eigenvalue weighted by molar-refractivity contribution is 5.09. The zero-order valence-corrected chi connectivity index (χ0v) is 9.56. The lowest BCUT2D eigenvalue weighted by atomic mass is 9.69. The number of hydrogen-bond acceptors (Lipinski definition) is 1. The van der Waals surface area contributed by atoms with Gasteiger partial charge in [0, 0.05) is 19.6 Å². The monoisotopic (exact) mass is 181 g/mol. The molecule has 1 heterocycles. The first-order valence-electron chi connectivity index (χ1n) is 5.68. The molecule has 1 nitrogen and oxygen atoms in total. The van der Waals surface area contributed by atoms with E-state index in [1.165, 1.54) is 32.5 Å². The van der Waals surface area contributed by atoms with E-state index >= 15 is 0 Å². The SMILES string of the molecule is CC(C)CN1CC(C)(C2(C)CC2)C1. The van der Waals surface area contributed by atoms with E-state index in [0.29, 0.717) is 10.8 Å². The van der Waals surface area contributed by atoms with E-state index in [9.17, 15) is 0 Å². The summed E-state index contributed by atoms with van der Waals surface area (Å²) in [7, 11) is 0. The number of likely N-dealkylation sites (tertiary alicyclic amines) is 1. The van der Waals surface area contributed by atoms with Crippen molar-refractivity contribution in [3.8, 4) is 0 Å². The molecular weight excluding hydrogens is 158 g/mol. The van der Waals surface area contributed by atoms with Gasteiger partial charge in [0.05, 0.1) is 0 Å². The molecule has 2 rings (SSSR count). The first-order valence-corrected chi connectivity index (χ1v) is 5.68. The Hall–Kier alpha value is -0.0400. The van der Waals surface area contributed by atoms with Gasteiger partial charge in [0.1, 0.15) is 0 Å². The van der Waals surface area contributed by atoms with Crippen molar-refractivity contribution in [3.05, 3.63) is 0 Å². The second-order valence-corrected chi connectivity index (χ2v) is 6.18. The summed E-state index contributed by atoms with van der Waals surface area (Å²) in [5.41, 5.74) is 1.36. The van der Waals surface area contributed by atoms with Crippen molar-refractivity contribution in [2.75, 3.05) is 19.6 Å². The minimum atomic E-state index is 0.655. The fourth-order valence-electron chi connectivity index (χ4n) is 2.76. The highest BCUT2D eigenvalue weighted by atomic mass is 15.2. The average molecular weight is 181 g/mol. The Balaban J connectivity index is 1.83. The number of hydrogen-bond donors (Lipinski definition) is 0. The quantitative estimate of drug-likeness (QED) is 0.647. The van der Waals surface area contributed by atoms with Crippen LogP contribution in [0.3, 0.4) is 0 Å². The first-order chi connectivity index (χ1) is 5.95. The van der Waals surface area contributed by atoms with Crippen LogP contribution in [-0.4, -0.2) is 24.5 Å². The molecule has 0 radical (unpaired) electrons. The van der Waals surface area contributed by atoms with Crippen molar-refractivity contribution in [2.45, 2.75) is 40.5 Å². The molecule has 1 heteroatoms. The molecule has 1 aliphatic heterocycles. The van der Waals surface area contributed by atoms with Crippen molar-refractivity contribution in [2.24, 2.45) is 16.7 Å². The summed E-state index contributed by atoms with van der Waals surface area (Å²) in [6, 6.07) is 0. The van der Waals surface area contributed by atoms with Gasteiger partial charge in [-0.25, -0.2) is 0 Å². The van der Waals surface area contributed by atoms with Crippen LogP contribution in [0.1, 0.15) is 40.5 Å². The van der Waals surface area contributed by atoms with E-state index < -0.39 is 0 Å². The average Bonchev–Trinajstić information content (AvgIpc) is 2.64. The Labute approximate surface area is 82.5 Å². The molecule has 2 aliphatic rings. The smallest absolute Gasteiger partial charge is 0.00532 e. The molecule has 1 saturated carbocycles. The van der Waals surface area contributed by atoms with E-state index in [2.05, 4.69) is 32.6 Å². The molecule has 0 aromatic rings. The molecule has 0 atom stereocenters. The maximum Gasteiger partial charge on any atom is 0.00532 e. The molecule has 0 unspecified atom stereocenters. The predicted molar refractivity (Wildman–Crippen MR) is 56.7 cm³/mol. The lowest BCUT2D eigenvalue weighted by Crippen LogP contribution is -2.59. The van der Waals surface area contributed by atoms with Crippen molar-refractivity contribution in [1.29, 1.82) is 0 Å². The molecule has 1 saturated heterocycles. The molecule has 0 bridgehead atoms. The fraction of sp³-hybridized carbons (Fsp3) is 1.00. The van der Waals surface area contributed by atoms with Crippen LogP contribution >= 0.6 is 0 Å². The molecule has 1 aliphatic carbocycles. The Morgan fingerprint density at radius 1 is 1.08 bits per heavy atom. The molecule has 0 aromatic carbocycles. The summed E-state index contributed by atoms with van der Waals surface area (Å²) >= 11 is 0. The summed E-state index contributed by atoms with van der Waals surface area (Å²) in [5.74, 6) is 0.830. The minimum Gasteiger partial charge on any atom is -0.302 e. The second-order valence-electron chi connectivity index (χ2n) is 6.18. The van der Waals surface area contributed by atoms with Gasteiger partial charge < -0.3 is 4.90 Å². The van der Waals surface area contributed by atoms with Gasteiger partial charge in [-0.05, 0) is 29.6 Å². The van der Waals surface area contributed by atoms with Crippen LogP contribution in [0.5, 0.6) is 0 Å². The van der Waals surface area contributed by atoms with E-state index in [4.69, 9.17) is 0 Å². The van der Waals surface area contributed by atoms with E-state index in [-0.39, 0.29) is 0 Å². The van der Waals surface area contributed by atoms with Crippen LogP contribution in [0.15, 0.2) is 0 Å². The van der Waals surface area contributed by atoms with Crippen LogP contribution in [0.25, 0.3) is 0 Å². The molecule has 0 spiro atoms. The van der Waals surface area contributed by atoms with Crippen molar-refractivity contribution in [3.63, 3.8) is 0 Å². The van der Waals surface area contributed by atoms with Crippen LogP contribution in [0, 0.1) is 16.7 Å². The molecular formula is C12H23N. The van der Waals surface area contributed by atoms with Gasteiger partial charge in [0.25, 0.3) is 0 Å². The lowest BCUT2D eigenvalue weighted by molar-refractivity contribution is -0.0435. The van der Waals surface area contributed by atoms with E-state index in [1.54, 1.807) is 0 Å². The summed E-state index contributed by atoms with van der Waals surface area (Å²) < 4.78 is 0. The maximum atomic E-state index is 2.62. The summed E-state index contributed by atoms with van der Waals surface area (Å²) in [5, 5.41) is 0. The zero-order chi connectivity index (χ0) is 9.69. The molecule has 2 fully saturated rings. The Bertz CT molecular complexity index is 197. The molecule has 13 heavy (non-hydrogen) atoms. The third kappa shape index (κ3) is 1.52. The van der Waals surface area contributed by atoms with Gasteiger partial charge in [0.15, 0.2) is 0 Å². The van der Waals surface area contributed by atoms with Gasteiger partial charge in [-0.2, -0.15) is 0 Å². The van der Waals surface area contributed by atoms with E-state index in [0.717, 1.165) is 5.92 Å². The van der Waals surface area contributed by atoms with Gasteiger partial charge in [-0.15, -0.1) is 0 Å². The number of rotatable bonds is 3. The Morgan fingerprint density at radius 3 is 2.00 bits per heavy atom. The van der Waals surface area contributed by atoms with E-state index in [1.807, 2.05) is 0 Å². The van der Waals surface area contributed by atoms with Gasteiger partial charge in [0.2, 0.25) is 0 Å². The maximum absolute atomic E-state index is 2.62. The molecule has 76 valence electrons. The van der Waals surface area contributed by atoms with Gasteiger partial charge in [-0.3, -0.25) is 0 Å². The highest BCUT2D eigenvalue weighted by Crippen LogP contribution is 2.61. The molecule has 0 N–H and O–H groups in total. The third-order valence-electron chi connectivity index (χ3n) is 4.23. The fourth-order valence-corrected chi connectivity index (χ4v) is 2.76. The minimum absolute atomic E-state index is 0.655. The summed E-state index contributed by atoms with van der Waals surface area (Å²) in [6.45, 7) is 13.6. The Kier molecular flexibility index (Phi) is 1.99. The number of nitrogens with zero attached hydrogens (tertiary/aromatic N) is 1. The van der Waals surface area contributed by atoms with Crippen LogP contribution in [0.2, 0.25) is 0 Å². The van der Waals surface area contributed by atoms with Crippen molar-refractivity contribution >= 4 is 0 Å².